The highest BCUT2D eigenvalue weighted by Crippen LogP contribution is 2.47. The van der Waals surface area contributed by atoms with E-state index in [9.17, 15) is 9.59 Å². The van der Waals surface area contributed by atoms with Crippen LogP contribution in [0.15, 0.2) is 48.8 Å². The molecule has 10 heteroatoms. The van der Waals surface area contributed by atoms with Crippen LogP contribution in [0.4, 0.5) is 0 Å². The fraction of sp³-hybridized carbons (Fsp3) is 0.417. The fourth-order valence-electron chi connectivity index (χ4n) is 9.35. The zero-order chi connectivity index (χ0) is 40.2. The van der Waals surface area contributed by atoms with Crippen LogP contribution in [0, 0.1) is 11.8 Å². The summed E-state index contributed by atoms with van der Waals surface area (Å²) < 4.78 is 0. The van der Waals surface area contributed by atoms with Gasteiger partial charge in [-0.15, -0.1) is 0 Å². The van der Waals surface area contributed by atoms with Gasteiger partial charge in [0.2, 0.25) is 0 Å². The van der Waals surface area contributed by atoms with Crippen molar-refractivity contribution < 1.29 is 9.59 Å². The zero-order valence-electron chi connectivity index (χ0n) is 34.0. The molecule has 0 atom stereocenters. The Hall–Kier alpha value is -5.50. The Morgan fingerprint density at radius 1 is 0.724 bits per heavy atom. The summed E-state index contributed by atoms with van der Waals surface area (Å²) in [6, 6.07) is 12.9. The molecule has 4 aliphatic carbocycles. The molecule has 2 fully saturated rings. The van der Waals surface area contributed by atoms with Gasteiger partial charge in [-0.05, 0) is 138 Å². The van der Waals surface area contributed by atoms with Gasteiger partial charge in [-0.1, -0.05) is 30.2 Å². The molecule has 6 heterocycles. The van der Waals surface area contributed by atoms with Crippen molar-refractivity contribution in [1.82, 2.24) is 30.6 Å². The molecule has 296 valence electrons. The van der Waals surface area contributed by atoms with E-state index in [0.717, 1.165) is 133 Å². The van der Waals surface area contributed by atoms with Crippen molar-refractivity contribution >= 4 is 11.8 Å². The molecule has 1 aromatic carbocycles. The van der Waals surface area contributed by atoms with Crippen LogP contribution in [0.25, 0.3) is 33.8 Å². The lowest BCUT2D eigenvalue weighted by Gasteiger charge is -2.24. The molecule has 10 nitrogen and oxygen atoms in total. The number of fused-ring (bicyclic) bond motifs is 10. The van der Waals surface area contributed by atoms with Crippen molar-refractivity contribution in [2.75, 3.05) is 0 Å². The Morgan fingerprint density at radius 2 is 1.26 bits per heavy atom. The van der Waals surface area contributed by atoms with E-state index >= 15 is 0 Å². The van der Waals surface area contributed by atoms with Gasteiger partial charge in [0.1, 0.15) is 5.69 Å². The summed E-state index contributed by atoms with van der Waals surface area (Å²) >= 11 is 0. The van der Waals surface area contributed by atoms with E-state index in [1.165, 1.54) is 27.8 Å². The number of nitrogens with one attached hydrogen (secondary N) is 4. The Balaban J connectivity index is 0.000000144. The Labute approximate surface area is 339 Å². The minimum absolute atomic E-state index is 0.0158. The number of benzene rings is 1. The van der Waals surface area contributed by atoms with Gasteiger partial charge in [-0.3, -0.25) is 14.6 Å². The average molecular weight is 773 g/mol. The minimum atomic E-state index is -0.551. The zero-order valence-corrected chi connectivity index (χ0v) is 34.0. The molecule has 5 aromatic rings. The van der Waals surface area contributed by atoms with E-state index in [-0.39, 0.29) is 28.4 Å². The first-order valence-corrected chi connectivity index (χ1v) is 21.0. The van der Waals surface area contributed by atoms with Gasteiger partial charge in [0.15, 0.2) is 0 Å². The summed E-state index contributed by atoms with van der Waals surface area (Å²) in [5, 5.41) is 6.49. The third kappa shape index (κ3) is 6.84. The highest BCUT2D eigenvalue weighted by atomic mass is 16.2. The number of hydrogen-bond acceptors (Lipinski definition) is 6. The molecule has 11 rings (SSSR count). The molecule has 2 aliphatic heterocycles. The van der Waals surface area contributed by atoms with Crippen molar-refractivity contribution in [1.29, 1.82) is 0 Å². The van der Waals surface area contributed by atoms with Crippen LogP contribution in [0.3, 0.4) is 0 Å². The van der Waals surface area contributed by atoms with Gasteiger partial charge >= 0.3 is 0 Å². The predicted octanol–water partition coefficient (Wildman–Crippen LogP) is 6.41. The lowest BCUT2D eigenvalue weighted by atomic mass is 9.87. The number of amides is 2. The van der Waals surface area contributed by atoms with Crippen molar-refractivity contribution in [2.24, 2.45) is 11.5 Å². The third-order valence-electron chi connectivity index (χ3n) is 12.9. The average Bonchev–Trinajstić information content (AvgIpc) is 4.02. The fourth-order valence-corrected chi connectivity index (χ4v) is 9.35. The van der Waals surface area contributed by atoms with E-state index in [2.05, 4.69) is 81.6 Å². The monoisotopic (exact) mass is 772 g/mol. The van der Waals surface area contributed by atoms with Crippen LogP contribution in [-0.2, 0) is 44.9 Å². The molecule has 2 spiro atoms. The van der Waals surface area contributed by atoms with Crippen LogP contribution < -0.4 is 22.1 Å². The third-order valence-corrected chi connectivity index (χ3v) is 12.9. The standard InChI is InChI=1S/C27H30N4O.C21H22N4O/c1-26(2,28)10-9-16-3-5-17(6-4-16)21-13-20-18(15-29-21)7-8-19-23-22(30-24(19)20)14-27(11-12-27)31-25(23)32;1-20(2,22)6-5-13-9-15-12(11-23-13)3-4-14-17-16(24-18(14)15)10-21(7-8-21)25-19(17)26/h3-6,13,15,30H,7-12,14,28H2,1-2H3,(H,31,32);9,11,24H,3-4,7-8,10,22H2,1-2H3,(H,25,26). The number of hydrogen-bond donors (Lipinski definition) is 6. The molecule has 6 aliphatic rings. The number of nitrogens with two attached hydrogens (primary N) is 2. The number of aromatic nitrogens is 4. The Kier molecular flexibility index (Phi) is 8.25. The number of H-pyrrole nitrogens is 2. The molecular formula is C48H52N8O2. The van der Waals surface area contributed by atoms with Crippen LogP contribution in [-0.4, -0.2) is 53.9 Å². The van der Waals surface area contributed by atoms with Crippen LogP contribution in [0.5, 0.6) is 0 Å². The summed E-state index contributed by atoms with van der Waals surface area (Å²) in [5.74, 6) is 6.31. The molecule has 2 saturated carbocycles. The summed E-state index contributed by atoms with van der Waals surface area (Å²) in [7, 11) is 0. The predicted molar refractivity (Wildman–Crippen MR) is 226 cm³/mol. The van der Waals surface area contributed by atoms with Gasteiger partial charge in [0.25, 0.3) is 11.8 Å². The van der Waals surface area contributed by atoms with E-state index in [0.29, 0.717) is 5.69 Å². The SMILES string of the molecule is CC(C)(N)C#Cc1cc2c(cn1)CCc1c-2[nH]c2c1C(=O)NC1(CC1)C2.CC(C)(N)CCc1ccc(-c2cc3c(cn2)CCc2c-3[nH]c3c2C(=O)NC2(CC2)C3)cc1. The van der Waals surface area contributed by atoms with Crippen molar-refractivity contribution in [2.45, 2.75) is 127 Å². The topological polar surface area (TPSA) is 168 Å². The number of carbonyl (C=O) groups is 2. The van der Waals surface area contributed by atoms with Gasteiger partial charge in [0.05, 0.1) is 33.7 Å². The largest absolute Gasteiger partial charge is 0.357 e. The summed E-state index contributed by atoms with van der Waals surface area (Å²) in [5.41, 5.74) is 28.8. The van der Waals surface area contributed by atoms with Crippen molar-refractivity contribution in [3.8, 4) is 45.6 Å². The number of rotatable bonds is 4. The molecule has 0 unspecified atom stereocenters. The normalized spacial score (nSPS) is 18.4. The molecule has 0 saturated heterocycles. The second-order valence-corrected chi connectivity index (χ2v) is 19.1. The highest BCUT2D eigenvalue weighted by molar-refractivity contribution is 6.02. The highest BCUT2D eigenvalue weighted by Gasteiger charge is 2.50. The van der Waals surface area contributed by atoms with Gasteiger partial charge < -0.3 is 32.1 Å². The van der Waals surface area contributed by atoms with Gasteiger partial charge in [-0.2, -0.15) is 0 Å². The van der Waals surface area contributed by atoms with Crippen LogP contribution in [0.2, 0.25) is 0 Å². The Morgan fingerprint density at radius 3 is 1.78 bits per heavy atom. The molecular weight excluding hydrogens is 721 g/mol. The quantitative estimate of drug-likeness (QED) is 0.116. The van der Waals surface area contributed by atoms with Crippen LogP contribution >= 0.6 is 0 Å². The number of pyridine rings is 2. The van der Waals surface area contributed by atoms with Crippen molar-refractivity contribution in [3.05, 3.63) is 105 Å². The summed E-state index contributed by atoms with van der Waals surface area (Å²) in [4.78, 5) is 42.0. The maximum absolute atomic E-state index is 12.9. The maximum atomic E-state index is 12.9. The molecule has 2 amide bonds. The first kappa shape index (κ1) is 36.8. The Bertz CT molecular complexity index is 2590. The second kappa shape index (κ2) is 13.0. The lowest BCUT2D eigenvalue weighted by Crippen LogP contribution is -2.43. The molecule has 58 heavy (non-hydrogen) atoms. The van der Waals surface area contributed by atoms with E-state index < -0.39 is 5.54 Å². The van der Waals surface area contributed by atoms with E-state index in [1.807, 2.05) is 32.3 Å². The van der Waals surface area contributed by atoms with E-state index in [1.54, 1.807) is 0 Å². The number of nitrogens with zero attached hydrogens (tertiary/aromatic N) is 2. The van der Waals surface area contributed by atoms with Crippen molar-refractivity contribution in [3.63, 3.8) is 0 Å². The molecule has 8 N–H and O–H groups in total. The minimum Gasteiger partial charge on any atom is -0.357 e. The smallest absolute Gasteiger partial charge is 0.253 e. The molecule has 0 bridgehead atoms. The molecule has 4 aromatic heterocycles. The summed E-state index contributed by atoms with van der Waals surface area (Å²) in [6.45, 7) is 7.89. The molecule has 0 radical (unpaired) electrons. The first-order chi connectivity index (χ1) is 27.6. The lowest BCUT2D eigenvalue weighted by molar-refractivity contribution is 0.0908. The van der Waals surface area contributed by atoms with Gasteiger partial charge in [-0.25, -0.2) is 4.98 Å². The second-order valence-electron chi connectivity index (χ2n) is 19.1. The summed E-state index contributed by atoms with van der Waals surface area (Å²) in [6.07, 6.45) is 15.6. The number of carbonyl (C=O) groups excluding carboxylic acids is 2. The van der Waals surface area contributed by atoms with Crippen LogP contribution in [0.1, 0.15) is 125 Å². The van der Waals surface area contributed by atoms with Gasteiger partial charge in [0, 0.05) is 69.9 Å². The first-order valence-electron chi connectivity index (χ1n) is 21.0. The maximum Gasteiger partial charge on any atom is 0.253 e. The van der Waals surface area contributed by atoms with E-state index in [4.69, 9.17) is 16.5 Å². The number of aromatic amines is 2. The number of aryl methyl sites for hydroxylation is 3.